The third kappa shape index (κ3) is 4.32. The molecule has 10 heteroatoms. The van der Waals surface area contributed by atoms with Crippen molar-refractivity contribution in [1.82, 2.24) is 19.7 Å². The second-order valence-electron chi connectivity index (χ2n) is 8.14. The molecule has 1 aliphatic heterocycles. The summed E-state index contributed by atoms with van der Waals surface area (Å²) in [5.74, 6) is -0.797. The summed E-state index contributed by atoms with van der Waals surface area (Å²) in [4.78, 5) is 12.9. The van der Waals surface area contributed by atoms with Gasteiger partial charge in [0.25, 0.3) is 0 Å². The zero-order valence-corrected chi connectivity index (χ0v) is 17.8. The number of aromatic nitrogens is 3. The van der Waals surface area contributed by atoms with Crippen LogP contribution in [0.1, 0.15) is 48.7 Å². The fourth-order valence-electron chi connectivity index (χ4n) is 4.18. The van der Waals surface area contributed by atoms with Gasteiger partial charge in [-0.15, -0.1) is 0 Å². The molecule has 0 radical (unpaired) electrons. The summed E-state index contributed by atoms with van der Waals surface area (Å²) in [6.45, 7) is 2.58. The zero-order chi connectivity index (χ0) is 23.0. The van der Waals surface area contributed by atoms with Gasteiger partial charge in [-0.2, -0.15) is 18.3 Å². The smallest absolute Gasteiger partial charge is 0.435 e. The number of halogens is 3. The van der Waals surface area contributed by atoms with E-state index in [0.29, 0.717) is 31.7 Å². The number of nitrogens with zero attached hydrogens (tertiary/aromatic N) is 3. The van der Waals surface area contributed by atoms with Crippen molar-refractivity contribution in [3.05, 3.63) is 47.4 Å². The van der Waals surface area contributed by atoms with E-state index in [1.165, 1.54) is 4.68 Å². The van der Waals surface area contributed by atoms with Gasteiger partial charge in [0.05, 0.1) is 24.2 Å². The first-order valence-electron chi connectivity index (χ1n) is 10.4. The number of phenols is 1. The van der Waals surface area contributed by atoms with Gasteiger partial charge in [-0.1, -0.05) is 0 Å². The summed E-state index contributed by atoms with van der Waals surface area (Å²) in [5, 5.41) is 17.1. The fourth-order valence-corrected chi connectivity index (χ4v) is 4.18. The first-order chi connectivity index (χ1) is 15.1. The fraction of sp³-hybridized carbons (Fsp3) is 0.455. The lowest BCUT2D eigenvalue weighted by atomic mass is 9.99. The maximum Gasteiger partial charge on any atom is 0.435 e. The number of rotatable bonds is 5. The van der Waals surface area contributed by atoms with Crippen LogP contribution in [0.5, 0.6) is 5.75 Å². The molecule has 7 nitrogen and oxygen atoms in total. The van der Waals surface area contributed by atoms with Gasteiger partial charge < -0.3 is 19.7 Å². The van der Waals surface area contributed by atoms with Gasteiger partial charge >= 0.3 is 6.18 Å². The van der Waals surface area contributed by atoms with E-state index in [1.54, 1.807) is 25.1 Å². The van der Waals surface area contributed by atoms with E-state index in [9.17, 15) is 23.1 Å². The predicted octanol–water partition coefficient (Wildman–Crippen LogP) is 3.87. The first kappa shape index (κ1) is 22.2. The number of benzene rings is 1. The highest BCUT2D eigenvalue weighted by atomic mass is 19.4. The number of phenolic OH excluding ortho intramolecular Hbond substituents is 1. The highest BCUT2D eigenvalue weighted by Crippen LogP contribution is 2.32. The molecule has 172 valence electrons. The standard InChI is InChI=1S/C22H25F3N4O3/c1-13(18-12-28(2)19-4-3-16(30)10-17(18)19)21(31)26-11-15-9-20(22(23,24)25)27-29(15)14-5-7-32-8-6-14/h3-4,9-10,12-14,30H,5-8,11H2,1-2H3,(H,26,31). The number of aromatic hydroxyl groups is 1. The SMILES string of the molecule is CC(C(=O)NCc1cc(C(F)(F)F)nn1C1CCOCC1)c1cn(C)c2ccc(O)cc12. The van der Waals surface area contributed by atoms with Gasteiger partial charge in [0.2, 0.25) is 5.91 Å². The minimum absolute atomic E-state index is 0.0698. The third-order valence-corrected chi connectivity index (χ3v) is 5.95. The average Bonchev–Trinajstić information content (AvgIpc) is 3.33. The first-order valence-corrected chi connectivity index (χ1v) is 10.4. The number of amides is 1. The van der Waals surface area contributed by atoms with Crippen molar-refractivity contribution in [2.45, 2.75) is 44.4 Å². The topological polar surface area (TPSA) is 81.3 Å². The monoisotopic (exact) mass is 450 g/mol. The molecule has 4 rings (SSSR count). The van der Waals surface area contributed by atoms with Crippen LogP contribution in [0.15, 0.2) is 30.5 Å². The maximum absolute atomic E-state index is 13.3. The molecule has 2 N–H and O–H groups in total. The molecule has 3 heterocycles. The van der Waals surface area contributed by atoms with Gasteiger partial charge in [0.15, 0.2) is 5.69 Å². The molecule has 32 heavy (non-hydrogen) atoms. The molecule has 1 aliphatic rings. The second kappa shape index (κ2) is 8.50. The molecule has 2 aromatic heterocycles. The number of ether oxygens (including phenoxy) is 1. The molecular weight excluding hydrogens is 425 g/mol. The van der Waals surface area contributed by atoms with E-state index in [0.717, 1.165) is 22.5 Å². The summed E-state index contributed by atoms with van der Waals surface area (Å²) in [6, 6.07) is 5.74. The second-order valence-corrected chi connectivity index (χ2v) is 8.14. The van der Waals surface area contributed by atoms with E-state index in [2.05, 4.69) is 10.4 Å². The lowest BCUT2D eigenvalue weighted by molar-refractivity contribution is -0.141. The van der Waals surface area contributed by atoms with E-state index in [1.807, 2.05) is 17.8 Å². The van der Waals surface area contributed by atoms with Crippen LogP contribution in [0.2, 0.25) is 0 Å². The minimum Gasteiger partial charge on any atom is -0.508 e. The molecule has 1 atom stereocenters. The predicted molar refractivity (Wildman–Crippen MR) is 111 cm³/mol. The Kier molecular flexibility index (Phi) is 5.89. The highest BCUT2D eigenvalue weighted by Gasteiger charge is 2.36. The Morgan fingerprint density at radius 3 is 2.72 bits per heavy atom. The van der Waals surface area contributed by atoms with E-state index in [-0.39, 0.29) is 24.2 Å². The van der Waals surface area contributed by atoms with Gasteiger partial charge in [-0.3, -0.25) is 9.48 Å². The normalized spacial score (nSPS) is 16.4. The Hall–Kier alpha value is -3.01. The number of carbonyl (C=O) groups is 1. The highest BCUT2D eigenvalue weighted by molar-refractivity contribution is 5.92. The number of alkyl halides is 3. The van der Waals surface area contributed by atoms with Crippen LogP contribution in [-0.2, 0) is 29.3 Å². The Balaban J connectivity index is 1.55. The van der Waals surface area contributed by atoms with E-state index >= 15 is 0 Å². The van der Waals surface area contributed by atoms with Crippen LogP contribution in [0.25, 0.3) is 10.9 Å². The Morgan fingerprint density at radius 1 is 1.31 bits per heavy atom. The average molecular weight is 450 g/mol. The number of nitrogens with one attached hydrogen (secondary N) is 1. The summed E-state index contributed by atoms with van der Waals surface area (Å²) in [5.41, 5.74) is 0.931. The van der Waals surface area contributed by atoms with Crippen molar-refractivity contribution >= 4 is 16.8 Å². The molecule has 3 aromatic rings. The molecule has 0 spiro atoms. The number of carbonyl (C=O) groups excluding carboxylic acids is 1. The van der Waals surface area contributed by atoms with Crippen molar-refractivity contribution in [3.8, 4) is 5.75 Å². The van der Waals surface area contributed by atoms with E-state index < -0.39 is 17.8 Å². The zero-order valence-electron chi connectivity index (χ0n) is 17.8. The van der Waals surface area contributed by atoms with Crippen molar-refractivity contribution in [3.63, 3.8) is 0 Å². The maximum atomic E-state index is 13.3. The van der Waals surface area contributed by atoms with Crippen molar-refractivity contribution in [2.24, 2.45) is 7.05 Å². The molecule has 1 unspecified atom stereocenters. The molecule has 1 amide bonds. The van der Waals surface area contributed by atoms with Gasteiger partial charge in [-0.25, -0.2) is 0 Å². The van der Waals surface area contributed by atoms with E-state index in [4.69, 9.17) is 4.74 Å². The molecule has 1 saturated heterocycles. The summed E-state index contributed by atoms with van der Waals surface area (Å²) in [7, 11) is 1.85. The Bertz CT molecular complexity index is 1130. The number of aryl methyl sites for hydroxylation is 1. The summed E-state index contributed by atoms with van der Waals surface area (Å²) < 4.78 is 48.4. The Labute approximate surface area is 182 Å². The number of hydrogen-bond donors (Lipinski definition) is 2. The molecule has 1 aromatic carbocycles. The molecule has 0 saturated carbocycles. The van der Waals surface area contributed by atoms with Crippen LogP contribution < -0.4 is 5.32 Å². The lowest BCUT2D eigenvalue weighted by Crippen LogP contribution is -2.30. The van der Waals surface area contributed by atoms with Crippen molar-refractivity contribution in [1.29, 1.82) is 0 Å². The van der Waals surface area contributed by atoms with Crippen LogP contribution in [0.4, 0.5) is 13.2 Å². The quantitative estimate of drug-likeness (QED) is 0.619. The molecule has 0 aliphatic carbocycles. The van der Waals surface area contributed by atoms with Crippen molar-refractivity contribution < 1.29 is 27.8 Å². The molecule has 0 bridgehead atoms. The molecule has 1 fully saturated rings. The summed E-state index contributed by atoms with van der Waals surface area (Å²) in [6.07, 6.45) is -1.61. The van der Waals surface area contributed by atoms with Crippen LogP contribution in [0, 0.1) is 0 Å². The number of hydrogen-bond acceptors (Lipinski definition) is 4. The van der Waals surface area contributed by atoms with Gasteiger partial charge in [-0.05, 0) is 49.6 Å². The summed E-state index contributed by atoms with van der Waals surface area (Å²) >= 11 is 0. The lowest BCUT2D eigenvalue weighted by Gasteiger charge is -2.24. The van der Waals surface area contributed by atoms with Gasteiger partial charge in [0, 0.05) is 37.4 Å². The minimum atomic E-state index is -4.56. The van der Waals surface area contributed by atoms with Crippen molar-refractivity contribution in [2.75, 3.05) is 13.2 Å². The molecular formula is C22H25F3N4O3. The van der Waals surface area contributed by atoms with Crippen LogP contribution in [0.3, 0.4) is 0 Å². The number of fused-ring (bicyclic) bond motifs is 1. The van der Waals surface area contributed by atoms with Crippen LogP contribution in [-0.4, -0.2) is 38.6 Å². The Morgan fingerprint density at radius 2 is 2.03 bits per heavy atom. The van der Waals surface area contributed by atoms with Gasteiger partial charge in [0.1, 0.15) is 5.75 Å². The van der Waals surface area contributed by atoms with Crippen LogP contribution >= 0.6 is 0 Å². The largest absolute Gasteiger partial charge is 0.508 e. The third-order valence-electron chi connectivity index (χ3n) is 5.95.